The Bertz CT molecular complexity index is 1010. The first kappa shape index (κ1) is 24.0. The number of nitrogens with one attached hydrogen (secondary N) is 2. The van der Waals surface area contributed by atoms with Crippen molar-refractivity contribution >= 4 is 27.5 Å². The van der Waals surface area contributed by atoms with Crippen LogP contribution in [0.1, 0.15) is 42.7 Å². The molecule has 0 aliphatic heterocycles. The number of hydrogen-bond acceptors (Lipinski definition) is 4. The van der Waals surface area contributed by atoms with Gasteiger partial charge in [-0.1, -0.05) is 23.7 Å². The van der Waals surface area contributed by atoms with Crippen LogP contribution in [0.25, 0.3) is 0 Å². The summed E-state index contributed by atoms with van der Waals surface area (Å²) in [5.41, 5.74) is 0.464. The van der Waals surface area contributed by atoms with Crippen LogP contribution >= 0.6 is 11.6 Å². The quantitative estimate of drug-likeness (QED) is 0.635. The van der Waals surface area contributed by atoms with Crippen LogP contribution in [-0.2, 0) is 10.0 Å². The fourth-order valence-corrected chi connectivity index (χ4v) is 4.02. The Balaban J connectivity index is 2.18. The minimum absolute atomic E-state index is 0.0489. The van der Waals surface area contributed by atoms with Crippen molar-refractivity contribution < 1.29 is 31.1 Å². The normalized spacial score (nSPS) is 13.2. The molecule has 1 amide bonds. The summed E-state index contributed by atoms with van der Waals surface area (Å²) < 4.78 is 67.6. The molecule has 0 radical (unpaired) electrons. The molecule has 0 aliphatic rings. The number of benzene rings is 2. The first-order valence-electron chi connectivity index (χ1n) is 8.77. The molecule has 0 saturated carbocycles. The van der Waals surface area contributed by atoms with Crippen LogP contribution in [0.4, 0.5) is 13.2 Å². The number of ether oxygens (including phenoxy) is 1. The molecule has 0 aliphatic carbocycles. The van der Waals surface area contributed by atoms with Crippen LogP contribution in [0, 0.1) is 0 Å². The second-order valence-electron chi connectivity index (χ2n) is 6.73. The van der Waals surface area contributed by atoms with Crippen molar-refractivity contribution in [3.8, 4) is 5.75 Å². The Morgan fingerprint density at radius 3 is 2.20 bits per heavy atom. The van der Waals surface area contributed by atoms with Gasteiger partial charge in [-0.3, -0.25) is 4.79 Å². The molecule has 2 aromatic rings. The zero-order valence-corrected chi connectivity index (χ0v) is 17.8. The van der Waals surface area contributed by atoms with Crippen molar-refractivity contribution in [2.45, 2.75) is 44.1 Å². The van der Waals surface area contributed by atoms with Crippen molar-refractivity contribution in [2.24, 2.45) is 0 Å². The SMILES string of the molecule is CC(C)NS(=O)(=O)c1ccc(Cl)c(C(=O)NC(C)c2ccc(OC(F)(F)F)cc2)c1. The summed E-state index contributed by atoms with van der Waals surface area (Å²) in [5.74, 6) is -1.02. The molecule has 11 heteroatoms. The molecule has 30 heavy (non-hydrogen) atoms. The lowest BCUT2D eigenvalue weighted by molar-refractivity contribution is -0.274. The van der Waals surface area contributed by atoms with Crippen molar-refractivity contribution in [2.75, 3.05) is 0 Å². The predicted molar refractivity (Wildman–Crippen MR) is 106 cm³/mol. The first-order chi connectivity index (χ1) is 13.8. The van der Waals surface area contributed by atoms with Crippen LogP contribution in [0.5, 0.6) is 5.75 Å². The highest BCUT2D eigenvalue weighted by atomic mass is 35.5. The minimum atomic E-state index is -4.80. The van der Waals surface area contributed by atoms with Gasteiger partial charge in [0, 0.05) is 6.04 Å². The van der Waals surface area contributed by atoms with E-state index in [-0.39, 0.29) is 27.3 Å². The lowest BCUT2D eigenvalue weighted by atomic mass is 10.1. The number of halogens is 4. The molecule has 2 rings (SSSR count). The van der Waals surface area contributed by atoms with Gasteiger partial charge < -0.3 is 10.1 Å². The Morgan fingerprint density at radius 1 is 1.07 bits per heavy atom. The average Bonchev–Trinajstić information content (AvgIpc) is 2.59. The maximum atomic E-state index is 12.6. The van der Waals surface area contributed by atoms with E-state index in [1.807, 2.05) is 0 Å². The largest absolute Gasteiger partial charge is 0.573 e. The third-order valence-corrected chi connectivity index (χ3v) is 5.83. The van der Waals surface area contributed by atoms with Gasteiger partial charge in [-0.25, -0.2) is 13.1 Å². The third kappa shape index (κ3) is 6.61. The van der Waals surface area contributed by atoms with E-state index in [4.69, 9.17) is 11.6 Å². The Kier molecular flexibility index (Phi) is 7.38. The highest BCUT2D eigenvalue weighted by molar-refractivity contribution is 7.89. The Morgan fingerprint density at radius 2 is 1.67 bits per heavy atom. The minimum Gasteiger partial charge on any atom is -0.406 e. The molecule has 0 aromatic heterocycles. The molecule has 0 bridgehead atoms. The summed E-state index contributed by atoms with van der Waals surface area (Å²) in [6.07, 6.45) is -4.80. The van der Waals surface area contributed by atoms with Gasteiger partial charge in [-0.15, -0.1) is 13.2 Å². The van der Waals surface area contributed by atoms with Crippen LogP contribution in [0.3, 0.4) is 0 Å². The molecular formula is C19H20ClF3N2O4S. The fourth-order valence-electron chi connectivity index (χ4n) is 2.54. The third-order valence-electron chi connectivity index (χ3n) is 3.84. The van der Waals surface area contributed by atoms with Gasteiger partial charge in [0.25, 0.3) is 5.91 Å². The zero-order valence-electron chi connectivity index (χ0n) is 16.2. The fraction of sp³-hybridized carbons (Fsp3) is 0.316. The maximum absolute atomic E-state index is 12.6. The van der Waals surface area contributed by atoms with Gasteiger partial charge in [0.2, 0.25) is 10.0 Å². The van der Waals surface area contributed by atoms with Crippen LogP contribution in [0.15, 0.2) is 47.4 Å². The van der Waals surface area contributed by atoms with E-state index in [9.17, 15) is 26.4 Å². The number of amides is 1. The number of sulfonamides is 1. The summed E-state index contributed by atoms with van der Waals surface area (Å²) in [5, 5.41) is 2.69. The highest BCUT2D eigenvalue weighted by Crippen LogP contribution is 2.25. The van der Waals surface area contributed by atoms with Crippen LogP contribution in [-0.4, -0.2) is 26.7 Å². The second kappa shape index (κ2) is 9.23. The average molecular weight is 465 g/mol. The molecular weight excluding hydrogens is 445 g/mol. The molecule has 0 fully saturated rings. The van der Waals surface area contributed by atoms with E-state index in [2.05, 4.69) is 14.8 Å². The summed E-state index contributed by atoms with van der Waals surface area (Å²) in [6.45, 7) is 4.94. The maximum Gasteiger partial charge on any atom is 0.573 e. The number of hydrogen-bond donors (Lipinski definition) is 2. The molecule has 164 valence electrons. The molecule has 2 N–H and O–H groups in total. The van der Waals surface area contributed by atoms with Crippen molar-refractivity contribution in [3.05, 3.63) is 58.6 Å². The Labute approximate surface area is 177 Å². The van der Waals surface area contributed by atoms with Gasteiger partial charge in [0.05, 0.1) is 21.5 Å². The highest BCUT2D eigenvalue weighted by Gasteiger charge is 2.31. The van der Waals surface area contributed by atoms with Gasteiger partial charge >= 0.3 is 6.36 Å². The molecule has 0 heterocycles. The summed E-state index contributed by atoms with van der Waals surface area (Å²) in [6, 6.07) is 7.82. The molecule has 1 unspecified atom stereocenters. The number of carbonyl (C=O) groups is 1. The molecule has 2 aromatic carbocycles. The molecule has 1 atom stereocenters. The standard InChI is InChI=1S/C19H20ClF3N2O4S/c1-11(2)25-30(27,28)15-8-9-17(20)16(10-15)18(26)24-12(3)13-4-6-14(7-5-13)29-19(21,22)23/h4-12,25H,1-3H3,(H,24,26). The number of alkyl halides is 3. The van der Waals surface area contributed by atoms with E-state index in [1.54, 1.807) is 20.8 Å². The van der Waals surface area contributed by atoms with Gasteiger partial charge in [-0.05, 0) is 56.7 Å². The van der Waals surface area contributed by atoms with Crippen LogP contribution in [0.2, 0.25) is 5.02 Å². The van der Waals surface area contributed by atoms with Gasteiger partial charge in [0.1, 0.15) is 5.75 Å². The summed E-state index contributed by atoms with van der Waals surface area (Å²) >= 11 is 6.06. The number of rotatable bonds is 7. The van der Waals surface area contributed by atoms with E-state index < -0.39 is 28.3 Å². The lowest BCUT2D eigenvalue weighted by Gasteiger charge is -2.17. The van der Waals surface area contributed by atoms with Gasteiger partial charge in [-0.2, -0.15) is 0 Å². The zero-order chi connectivity index (χ0) is 22.7. The summed E-state index contributed by atoms with van der Waals surface area (Å²) in [7, 11) is -3.83. The van der Waals surface area contributed by atoms with E-state index >= 15 is 0 Å². The van der Waals surface area contributed by atoms with E-state index in [0.717, 1.165) is 18.2 Å². The molecule has 6 nitrogen and oxygen atoms in total. The smallest absolute Gasteiger partial charge is 0.406 e. The molecule has 0 saturated heterocycles. The lowest BCUT2D eigenvalue weighted by Crippen LogP contribution is -2.31. The number of carbonyl (C=O) groups excluding carboxylic acids is 1. The molecule has 0 spiro atoms. The van der Waals surface area contributed by atoms with Crippen molar-refractivity contribution in [1.82, 2.24) is 10.0 Å². The summed E-state index contributed by atoms with van der Waals surface area (Å²) in [4.78, 5) is 12.5. The Hall–Kier alpha value is -2.30. The van der Waals surface area contributed by atoms with Crippen molar-refractivity contribution in [1.29, 1.82) is 0 Å². The van der Waals surface area contributed by atoms with E-state index in [1.165, 1.54) is 24.3 Å². The predicted octanol–water partition coefficient (Wildman–Crippen LogP) is 4.42. The first-order valence-corrected chi connectivity index (χ1v) is 10.6. The van der Waals surface area contributed by atoms with Crippen molar-refractivity contribution in [3.63, 3.8) is 0 Å². The van der Waals surface area contributed by atoms with Crippen LogP contribution < -0.4 is 14.8 Å². The van der Waals surface area contributed by atoms with Gasteiger partial charge in [0.15, 0.2) is 0 Å². The monoisotopic (exact) mass is 464 g/mol. The second-order valence-corrected chi connectivity index (χ2v) is 8.85. The topological polar surface area (TPSA) is 84.5 Å². The van der Waals surface area contributed by atoms with E-state index in [0.29, 0.717) is 5.56 Å².